The zero-order chi connectivity index (χ0) is 13.2. The first-order valence-electron chi connectivity index (χ1n) is 6.62. The number of nitrogens with zero attached hydrogens (tertiary/aromatic N) is 1. The van der Waals surface area contributed by atoms with Crippen molar-refractivity contribution in [3.8, 4) is 0 Å². The minimum Gasteiger partial charge on any atom is -0.362 e. The van der Waals surface area contributed by atoms with E-state index in [4.69, 9.17) is 0 Å². The fraction of sp³-hybridized carbons (Fsp3) is 0.917. The fourth-order valence-corrected chi connectivity index (χ4v) is 5.18. The zero-order valence-corrected chi connectivity index (χ0v) is 12.7. The molecule has 6 heteroatoms. The molecule has 1 saturated heterocycles. The first-order valence-corrected chi connectivity index (χ1v) is 9.33. The van der Waals surface area contributed by atoms with Gasteiger partial charge in [-0.15, -0.1) is 0 Å². The van der Waals surface area contributed by atoms with E-state index in [1.807, 2.05) is 11.8 Å². The number of rotatable bonds is 3. The molecule has 104 valence electrons. The van der Waals surface area contributed by atoms with Gasteiger partial charge in [0.1, 0.15) is 9.84 Å². The van der Waals surface area contributed by atoms with Gasteiger partial charge in [-0.05, 0) is 25.2 Å². The molecule has 0 aromatic carbocycles. The smallest absolute Gasteiger partial charge is 0.157 e. The lowest BCUT2D eigenvalue weighted by atomic mass is 10.1. The largest absolute Gasteiger partial charge is 0.362 e. The Balaban J connectivity index is 1.75. The Kier molecular flexibility index (Phi) is 4.59. The van der Waals surface area contributed by atoms with E-state index in [-0.39, 0.29) is 6.04 Å². The maximum absolute atomic E-state index is 11.3. The maximum atomic E-state index is 11.3. The fourth-order valence-electron chi connectivity index (χ4n) is 2.35. The molecule has 0 spiro atoms. The Morgan fingerprint density at radius 3 is 2.67 bits per heavy atom. The molecule has 2 aliphatic rings. The first-order chi connectivity index (χ1) is 8.44. The lowest BCUT2D eigenvalue weighted by molar-refractivity contribution is 0.522. The molecule has 0 aromatic heterocycles. The van der Waals surface area contributed by atoms with Gasteiger partial charge < -0.3 is 5.32 Å². The maximum Gasteiger partial charge on any atom is 0.157 e. The molecular weight excluding hydrogens is 268 g/mol. The van der Waals surface area contributed by atoms with E-state index in [0.717, 1.165) is 24.6 Å². The van der Waals surface area contributed by atoms with Crippen LogP contribution in [0.2, 0.25) is 0 Å². The molecule has 0 bridgehead atoms. The van der Waals surface area contributed by atoms with Crippen molar-refractivity contribution in [1.82, 2.24) is 5.32 Å². The van der Waals surface area contributed by atoms with Gasteiger partial charge in [0.05, 0.1) is 18.1 Å². The summed E-state index contributed by atoms with van der Waals surface area (Å²) < 4.78 is 22.7. The normalized spacial score (nSPS) is 28.4. The molecule has 0 saturated carbocycles. The summed E-state index contributed by atoms with van der Waals surface area (Å²) in [5.74, 6) is 1.34. The third-order valence-corrected chi connectivity index (χ3v) is 6.19. The zero-order valence-electron chi connectivity index (χ0n) is 11.1. The molecule has 2 heterocycles. The molecular formula is C12H22N2O2S2. The number of hydrogen-bond donors (Lipinski definition) is 1. The predicted octanol–water partition coefficient (Wildman–Crippen LogP) is 1.67. The summed E-state index contributed by atoms with van der Waals surface area (Å²) in [4.78, 5) is 4.52. The number of aliphatic imine (C=N–C) groups is 1. The first kappa shape index (κ1) is 14.2. The van der Waals surface area contributed by atoms with Crippen molar-refractivity contribution in [2.45, 2.75) is 44.4 Å². The number of sulfone groups is 1. The summed E-state index contributed by atoms with van der Waals surface area (Å²) in [7, 11) is -2.76. The van der Waals surface area contributed by atoms with Crippen molar-refractivity contribution >= 4 is 26.8 Å². The van der Waals surface area contributed by atoms with Crippen LogP contribution in [0.1, 0.15) is 33.1 Å². The van der Waals surface area contributed by atoms with E-state index in [2.05, 4.69) is 24.2 Å². The Hall–Kier alpha value is -0.230. The van der Waals surface area contributed by atoms with Crippen LogP contribution in [0.4, 0.5) is 0 Å². The third kappa shape index (κ3) is 4.16. The molecule has 1 N–H and O–H groups in total. The van der Waals surface area contributed by atoms with Crippen LogP contribution in [0.3, 0.4) is 0 Å². The summed E-state index contributed by atoms with van der Waals surface area (Å²) in [6.07, 6.45) is 2.63. The Labute approximate surface area is 114 Å². The molecule has 0 aliphatic carbocycles. The number of amidine groups is 1. The molecule has 0 aromatic rings. The molecule has 18 heavy (non-hydrogen) atoms. The quantitative estimate of drug-likeness (QED) is 0.859. The summed E-state index contributed by atoms with van der Waals surface area (Å²) >= 11 is 1.82. The monoisotopic (exact) mass is 290 g/mol. The van der Waals surface area contributed by atoms with Crippen LogP contribution in [0, 0.1) is 5.92 Å². The lowest BCUT2D eigenvalue weighted by Crippen LogP contribution is -2.39. The van der Waals surface area contributed by atoms with Crippen molar-refractivity contribution in [3.05, 3.63) is 0 Å². The highest BCUT2D eigenvalue weighted by Crippen LogP contribution is 2.26. The van der Waals surface area contributed by atoms with Gasteiger partial charge in [-0.25, -0.2) is 8.42 Å². The Morgan fingerprint density at radius 2 is 2.06 bits per heavy atom. The van der Waals surface area contributed by atoms with Crippen LogP contribution >= 0.6 is 11.8 Å². The Bertz CT molecular complexity index is 404. The highest BCUT2D eigenvalue weighted by molar-refractivity contribution is 8.14. The van der Waals surface area contributed by atoms with Crippen molar-refractivity contribution in [1.29, 1.82) is 0 Å². The molecule has 2 rings (SSSR count). The van der Waals surface area contributed by atoms with Crippen LogP contribution in [-0.4, -0.2) is 42.9 Å². The van der Waals surface area contributed by atoms with E-state index in [9.17, 15) is 8.42 Å². The Morgan fingerprint density at radius 1 is 1.39 bits per heavy atom. The van der Waals surface area contributed by atoms with Crippen molar-refractivity contribution in [2.75, 3.05) is 18.1 Å². The second-order valence-corrected chi connectivity index (χ2v) is 9.18. The average Bonchev–Trinajstić information content (AvgIpc) is 2.68. The molecule has 1 atom stereocenters. The highest BCUT2D eigenvalue weighted by atomic mass is 32.2. The van der Waals surface area contributed by atoms with Gasteiger partial charge in [-0.1, -0.05) is 25.6 Å². The number of hydrogen-bond acceptors (Lipinski definition) is 5. The van der Waals surface area contributed by atoms with Crippen LogP contribution in [0.15, 0.2) is 4.99 Å². The van der Waals surface area contributed by atoms with Crippen LogP contribution in [-0.2, 0) is 9.84 Å². The van der Waals surface area contributed by atoms with Crippen LogP contribution in [0.5, 0.6) is 0 Å². The van der Waals surface area contributed by atoms with Gasteiger partial charge in [0.25, 0.3) is 0 Å². The number of thioether (sulfide) groups is 1. The molecule has 4 nitrogen and oxygen atoms in total. The van der Waals surface area contributed by atoms with Gasteiger partial charge in [-0.3, -0.25) is 4.99 Å². The summed E-state index contributed by atoms with van der Waals surface area (Å²) in [6, 6.07) is 0.289. The van der Waals surface area contributed by atoms with Crippen LogP contribution in [0.25, 0.3) is 0 Å². The lowest BCUT2D eigenvalue weighted by Gasteiger charge is -2.23. The van der Waals surface area contributed by atoms with Gasteiger partial charge in [-0.2, -0.15) is 0 Å². The SMILES string of the molecule is CC(C)CC1CN=C(NC2CCS(=O)(=O)CC2)S1. The van der Waals surface area contributed by atoms with Crippen molar-refractivity contribution in [2.24, 2.45) is 10.9 Å². The van der Waals surface area contributed by atoms with Gasteiger partial charge in [0.15, 0.2) is 5.17 Å². The van der Waals surface area contributed by atoms with E-state index >= 15 is 0 Å². The second kappa shape index (κ2) is 5.82. The molecule has 1 fully saturated rings. The van der Waals surface area contributed by atoms with Crippen molar-refractivity contribution in [3.63, 3.8) is 0 Å². The topological polar surface area (TPSA) is 58.5 Å². The number of nitrogens with one attached hydrogen (secondary N) is 1. The molecule has 1 unspecified atom stereocenters. The van der Waals surface area contributed by atoms with Gasteiger partial charge >= 0.3 is 0 Å². The minimum absolute atomic E-state index is 0.289. The minimum atomic E-state index is -2.76. The molecule has 0 amide bonds. The molecule has 2 aliphatic heterocycles. The molecule has 0 radical (unpaired) electrons. The van der Waals surface area contributed by atoms with Crippen molar-refractivity contribution < 1.29 is 8.42 Å². The summed E-state index contributed by atoms with van der Waals surface area (Å²) in [5, 5.41) is 5.02. The average molecular weight is 290 g/mol. The predicted molar refractivity (Wildman–Crippen MR) is 77.9 cm³/mol. The highest BCUT2D eigenvalue weighted by Gasteiger charge is 2.27. The van der Waals surface area contributed by atoms with E-state index in [0.29, 0.717) is 22.7 Å². The van der Waals surface area contributed by atoms with E-state index < -0.39 is 9.84 Å². The van der Waals surface area contributed by atoms with Gasteiger partial charge in [0, 0.05) is 11.3 Å². The van der Waals surface area contributed by atoms with Crippen LogP contribution < -0.4 is 5.32 Å². The second-order valence-electron chi connectivity index (χ2n) is 5.59. The standard InChI is InChI=1S/C12H22N2O2S2/c1-9(2)7-11-8-13-12(17-11)14-10-3-5-18(15,16)6-4-10/h9-11H,3-8H2,1-2H3,(H,13,14). The summed E-state index contributed by atoms with van der Waals surface area (Å²) in [6.45, 7) is 5.37. The third-order valence-electron chi connectivity index (χ3n) is 3.33. The summed E-state index contributed by atoms with van der Waals surface area (Å²) in [5.41, 5.74) is 0. The van der Waals surface area contributed by atoms with Gasteiger partial charge in [0.2, 0.25) is 0 Å². The van der Waals surface area contributed by atoms with E-state index in [1.165, 1.54) is 6.42 Å². The van der Waals surface area contributed by atoms with E-state index in [1.54, 1.807) is 0 Å².